The van der Waals surface area contributed by atoms with Crippen LogP contribution in [-0.4, -0.2) is 110 Å². The largest absolute Gasteiger partial charge is 0.481 e. The Morgan fingerprint density at radius 2 is 0.879 bits per heavy atom. The summed E-state index contributed by atoms with van der Waals surface area (Å²) in [7, 11) is 0. The monoisotopic (exact) mass is 786 g/mol. The minimum absolute atomic E-state index is 0.00648. The van der Waals surface area contributed by atoms with Crippen molar-refractivity contribution >= 4 is 24.1 Å². The Kier molecular flexibility index (Phi) is 9.93. The van der Waals surface area contributed by atoms with Crippen LogP contribution in [0.1, 0.15) is 46.9 Å². The summed E-state index contributed by atoms with van der Waals surface area (Å²) in [5.74, 6) is -2.08. The molecule has 2 N–H and O–H groups in total. The molecule has 4 aromatic carbocycles. The van der Waals surface area contributed by atoms with Gasteiger partial charge in [0.2, 0.25) is 0 Å². The summed E-state index contributed by atoms with van der Waals surface area (Å²) in [5.41, 5.74) is 7.53. The zero-order valence-electron chi connectivity index (χ0n) is 32.1. The van der Waals surface area contributed by atoms with E-state index < -0.39 is 35.0 Å². The number of nitrogens with zero attached hydrogens (tertiary/aromatic N) is 2. The molecule has 58 heavy (non-hydrogen) atoms. The predicted molar refractivity (Wildman–Crippen MR) is 211 cm³/mol. The second-order valence-corrected chi connectivity index (χ2v) is 16.3. The van der Waals surface area contributed by atoms with Gasteiger partial charge in [-0.15, -0.1) is 0 Å². The first-order valence-electron chi connectivity index (χ1n) is 20.0. The van der Waals surface area contributed by atoms with Crippen LogP contribution in [0.15, 0.2) is 97.1 Å². The summed E-state index contributed by atoms with van der Waals surface area (Å²) in [6.07, 6.45) is -0.0240. The number of carbonyl (C=O) groups excluding carboxylic acids is 2. The van der Waals surface area contributed by atoms with Gasteiger partial charge >= 0.3 is 24.1 Å². The van der Waals surface area contributed by atoms with Gasteiger partial charge in [-0.1, -0.05) is 97.1 Å². The summed E-state index contributed by atoms with van der Waals surface area (Å²) in [6, 6.07) is 32.8. The third-order valence-corrected chi connectivity index (χ3v) is 13.5. The average Bonchev–Trinajstić information content (AvgIpc) is 4.01. The SMILES string of the molecule is O=C(OCC1c2ccccc2-c2ccccc21)N1C[C@@H]2COCC[C@]2(C(=O)O)C1.O=C(OCC1c2ccccc2-c2ccccc21)N1C[C@H]2COCC[C@@]2(C(=O)O)C1. The molecule has 2 amide bonds. The molecule has 0 unspecified atom stereocenters. The predicted octanol–water partition coefficient (Wildman–Crippen LogP) is 6.72. The number of rotatable bonds is 6. The molecule has 0 aromatic heterocycles. The maximum absolute atomic E-state index is 12.8. The molecule has 12 heteroatoms. The van der Waals surface area contributed by atoms with Gasteiger partial charge in [0.25, 0.3) is 0 Å². The Hall–Kier alpha value is -5.72. The molecule has 10 rings (SSSR count). The molecule has 4 atom stereocenters. The topological polar surface area (TPSA) is 152 Å². The fourth-order valence-electron chi connectivity index (χ4n) is 10.2. The third kappa shape index (κ3) is 6.39. The molecule has 300 valence electrons. The molecule has 2 aliphatic carbocycles. The molecule has 0 radical (unpaired) electrons. The lowest BCUT2D eigenvalue weighted by Gasteiger charge is -2.33. The highest BCUT2D eigenvalue weighted by Gasteiger charge is 2.56. The summed E-state index contributed by atoms with van der Waals surface area (Å²) in [6.45, 7) is 3.17. The number of aliphatic carboxylic acids is 2. The van der Waals surface area contributed by atoms with Crippen LogP contribution in [0.5, 0.6) is 0 Å². The van der Waals surface area contributed by atoms with Crippen LogP contribution in [0.2, 0.25) is 0 Å². The Labute approximate surface area is 336 Å². The van der Waals surface area contributed by atoms with Gasteiger partial charge in [0.05, 0.1) is 24.0 Å². The molecule has 12 nitrogen and oxygen atoms in total. The Bertz CT molecular complexity index is 2010. The number of carbonyl (C=O) groups is 4. The number of carboxylic acid groups (broad SMARTS) is 2. The van der Waals surface area contributed by atoms with Crippen molar-refractivity contribution in [3.8, 4) is 22.3 Å². The van der Waals surface area contributed by atoms with Gasteiger partial charge in [0, 0.05) is 63.1 Å². The quantitative estimate of drug-likeness (QED) is 0.216. The first-order valence-corrected chi connectivity index (χ1v) is 20.0. The Morgan fingerprint density at radius 1 is 0.552 bits per heavy atom. The maximum Gasteiger partial charge on any atom is 0.409 e. The highest BCUT2D eigenvalue weighted by atomic mass is 16.6. The number of amides is 2. The lowest BCUT2D eigenvalue weighted by molar-refractivity contribution is -0.158. The fourth-order valence-corrected chi connectivity index (χ4v) is 10.2. The van der Waals surface area contributed by atoms with Crippen LogP contribution in [0.3, 0.4) is 0 Å². The van der Waals surface area contributed by atoms with E-state index >= 15 is 0 Å². The maximum atomic E-state index is 12.8. The van der Waals surface area contributed by atoms with Crippen LogP contribution in [0.25, 0.3) is 22.3 Å². The lowest BCUT2D eigenvalue weighted by atomic mass is 9.74. The van der Waals surface area contributed by atoms with E-state index in [1.165, 1.54) is 22.3 Å². The van der Waals surface area contributed by atoms with Crippen molar-refractivity contribution < 1.29 is 48.3 Å². The number of benzene rings is 4. The second kappa shape index (κ2) is 15.2. The van der Waals surface area contributed by atoms with Gasteiger partial charge in [0.1, 0.15) is 13.2 Å². The number of carboxylic acids is 2. The van der Waals surface area contributed by atoms with Gasteiger partial charge in [-0.25, -0.2) is 9.59 Å². The zero-order valence-corrected chi connectivity index (χ0v) is 32.1. The van der Waals surface area contributed by atoms with Crippen molar-refractivity contribution in [3.63, 3.8) is 0 Å². The number of hydrogen-bond acceptors (Lipinski definition) is 8. The van der Waals surface area contributed by atoms with Crippen molar-refractivity contribution in [2.24, 2.45) is 22.7 Å². The second-order valence-electron chi connectivity index (χ2n) is 16.3. The molecule has 4 fully saturated rings. The van der Waals surface area contributed by atoms with Gasteiger partial charge in [-0.2, -0.15) is 0 Å². The lowest BCUT2D eigenvalue weighted by Crippen LogP contribution is -2.45. The van der Waals surface area contributed by atoms with Crippen molar-refractivity contribution in [2.75, 3.05) is 65.8 Å². The summed E-state index contributed by atoms with van der Waals surface area (Å²) in [4.78, 5) is 52.6. The summed E-state index contributed by atoms with van der Waals surface area (Å²) >= 11 is 0. The van der Waals surface area contributed by atoms with Gasteiger partial charge in [-0.05, 0) is 57.3 Å². The minimum atomic E-state index is -0.913. The van der Waals surface area contributed by atoms with E-state index in [1.54, 1.807) is 9.80 Å². The number of hydrogen-bond donors (Lipinski definition) is 2. The van der Waals surface area contributed by atoms with E-state index in [-0.39, 0.29) is 50.0 Å². The van der Waals surface area contributed by atoms with E-state index in [0.717, 1.165) is 22.3 Å². The smallest absolute Gasteiger partial charge is 0.409 e. The molecular formula is C46H46N2O10. The number of ether oxygens (including phenoxy) is 4. The van der Waals surface area contributed by atoms with Crippen molar-refractivity contribution in [2.45, 2.75) is 24.7 Å². The van der Waals surface area contributed by atoms with E-state index in [1.807, 2.05) is 48.5 Å². The van der Waals surface area contributed by atoms with Crippen LogP contribution in [0.4, 0.5) is 9.59 Å². The van der Waals surface area contributed by atoms with Crippen LogP contribution in [0, 0.1) is 22.7 Å². The number of fused-ring (bicyclic) bond motifs is 8. The summed E-state index contributed by atoms with van der Waals surface area (Å²) < 4.78 is 22.3. The third-order valence-electron chi connectivity index (χ3n) is 13.5. The summed E-state index contributed by atoms with van der Waals surface area (Å²) in [5, 5.41) is 19.6. The minimum Gasteiger partial charge on any atom is -0.481 e. The average molecular weight is 787 g/mol. The molecule has 4 aliphatic heterocycles. The van der Waals surface area contributed by atoms with Crippen LogP contribution >= 0.6 is 0 Å². The highest BCUT2D eigenvalue weighted by molar-refractivity contribution is 5.82. The van der Waals surface area contributed by atoms with Crippen molar-refractivity contribution in [3.05, 3.63) is 119 Å². The van der Waals surface area contributed by atoms with Crippen molar-refractivity contribution in [1.82, 2.24) is 9.80 Å². The fraction of sp³-hybridized carbons (Fsp3) is 0.391. The van der Waals surface area contributed by atoms with E-state index in [0.29, 0.717) is 52.4 Å². The Morgan fingerprint density at radius 3 is 1.19 bits per heavy atom. The molecule has 0 saturated carbocycles. The van der Waals surface area contributed by atoms with E-state index in [4.69, 9.17) is 18.9 Å². The van der Waals surface area contributed by atoms with Gasteiger partial charge < -0.3 is 39.0 Å². The molecule has 6 aliphatic rings. The molecular weight excluding hydrogens is 741 g/mol. The Balaban J connectivity index is 0.000000150. The molecule has 4 aromatic rings. The first-order chi connectivity index (χ1) is 28.2. The van der Waals surface area contributed by atoms with Gasteiger partial charge in [-0.3, -0.25) is 9.59 Å². The van der Waals surface area contributed by atoms with Crippen LogP contribution in [-0.2, 0) is 28.5 Å². The molecule has 4 heterocycles. The zero-order chi connectivity index (χ0) is 40.0. The van der Waals surface area contributed by atoms with Gasteiger partial charge in [0.15, 0.2) is 0 Å². The molecule has 0 bridgehead atoms. The highest BCUT2D eigenvalue weighted by Crippen LogP contribution is 2.47. The number of likely N-dealkylation sites (tertiary alicyclic amines) is 2. The van der Waals surface area contributed by atoms with Crippen LogP contribution < -0.4 is 0 Å². The molecule has 4 saturated heterocycles. The van der Waals surface area contributed by atoms with E-state index in [2.05, 4.69) is 48.5 Å². The molecule has 0 spiro atoms. The first kappa shape index (κ1) is 37.8. The van der Waals surface area contributed by atoms with Crippen molar-refractivity contribution in [1.29, 1.82) is 0 Å². The normalized spacial score (nSPS) is 25.2. The van der Waals surface area contributed by atoms with E-state index in [9.17, 15) is 29.4 Å². The standard InChI is InChI=1S/2C23H23NO5/c2*25-21(26)23-9-10-28-12-15(23)11-24(14-23)22(27)29-13-20-18-7-3-1-5-16(18)17-6-2-4-8-19(17)20/h2*1-8,15,20H,9-14H2,(H,25,26)/t2*15-,23+/m10/s1.